The second-order valence-electron chi connectivity index (χ2n) is 8.47. The lowest BCUT2D eigenvalue weighted by molar-refractivity contribution is -0.143. The summed E-state index contributed by atoms with van der Waals surface area (Å²) in [6.07, 6.45) is -2.29. The lowest BCUT2D eigenvalue weighted by Gasteiger charge is -2.17. The molecule has 1 fully saturated rings. The molecule has 14 heteroatoms. The zero-order valence-corrected chi connectivity index (χ0v) is 21.7. The number of carbonyl (C=O) groups is 1. The average molecular weight is 585 g/mol. The van der Waals surface area contributed by atoms with Crippen LogP contribution in [0.2, 0.25) is 0 Å². The van der Waals surface area contributed by atoms with Gasteiger partial charge < -0.3 is 19.4 Å². The topological polar surface area (TPSA) is 77.7 Å². The number of nitrogens with one attached hydrogen (secondary N) is 1. The minimum Gasteiger partial charge on any atom is -0.493 e. The minimum absolute atomic E-state index is 0.0661. The third-order valence-electron chi connectivity index (χ3n) is 5.67. The van der Waals surface area contributed by atoms with Gasteiger partial charge in [0, 0.05) is 31.0 Å². The van der Waals surface area contributed by atoms with E-state index in [2.05, 4.69) is 15.3 Å². The fraction of sp³-hybridized carbons (Fsp3) is 0.269. The van der Waals surface area contributed by atoms with Gasteiger partial charge in [0.25, 0.3) is 5.24 Å². The molecule has 0 spiro atoms. The van der Waals surface area contributed by atoms with Gasteiger partial charge in [-0.15, -0.1) is 0 Å². The van der Waals surface area contributed by atoms with Crippen molar-refractivity contribution in [3.63, 3.8) is 0 Å². The van der Waals surface area contributed by atoms with Gasteiger partial charge in [-0.3, -0.25) is 9.79 Å². The van der Waals surface area contributed by atoms with Crippen molar-refractivity contribution in [1.29, 1.82) is 0 Å². The molecule has 3 aromatic rings. The molecule has 212 valence electrons. The van der Waals surface area contributed by atoms with E-state index in [-0.39, 0.29) is 22.8 Å². The molecule has 2 aromatic carbocycles. The third-order valence-corrected chi connectivity index (χ3v) is 6.49. The van der Waals surface area contributed by atoms with Crippen LogP contribution in [0.25, 0.3) is 6.08 Å². The first kappa shape index (κ1) is 29.1. The highest BCUT2D eigenvalue weighted by atomic mass is 32.2. The summed E-state index contributed by atoms with van der Waals surface area (Å²) in [6, 6.07) is 6.00. The summed E-state index contributed by atoms with van der Waals surface area (Å²) in [7, 11) is 1.33. The van der Waals surface area contributed by atoms with Crippen LogP contribution in [0.4, 0.5) is 31.1 Å². The molecule has 1 aliphatic rings. The van der Waals surface area contributed by atoms with Crippen molar-refractivity contribution in [2.45, 2.75) is 31.9 Å². The van der Waals surface area contributed by atoms with Crippen molar-refractivity contribution >= 4 is 28.9 Å². The first-order chi connectivity index (χ1) is 18.9. The van der Waals surface area contributed by atoms with E-state index in [0.717, 1.165) is 24.2 Å². The van der Waals surface area contributed by atoms with E-state index in [1.165, 1.54) is 13.2 Å². The Morgan fingerprint density at radius 1 is 1.07 bits per heavy atom. The van der Waals surface area contributed by atoms with Gasteiger partial charge >= 0.3 is 12.4 Å². The van der Waals surface area contributed by atoms with Gasteiger partial charge in [-0.05, 0) is 54.1 Å². The third kappa shape index (κ3) is 7.37. The molecule has 1 aromatic heterocycles. The number of rotatable bonds is 9. The second kappa shape index (κ2) is 12.1. The van der Waals surface area contributed by atoms with Crippen molar-refractivity contribution in [2.75, 3.05) is 13.7 Å². The van der Waals surface area contributed by atoms with E-state index in [0.29, 0.717) is 35.5 Å². The van der Waals surface area contributed by atoms with Gasteiger partial charge in [0.2, 0.25) is 0 Å². The molecule has 0 saturated carbocycles. The van der Waals surface area contributed by atoms with Crippen LogP contribution in [0.1, 0.15) is 28.7 Å². The molecule has 0 aliphatic carbocycles. The zero-order chi connectivity index (χ0) is 28.9. The zero-order valence-electron chi connectivity index (χ0n) is 20.8. The number of amides is 1. The number of alkyl halides is 6. The predicted molar refractivity (Wildman–Crippen MR) is 137 cm³/mol. The summed E-state index contributed by atoms with van der Waals surface area (Å²) in [4.78, 5) is 21.0. The number of ether oxygens (including phenoxy) is 2. The quantitative estimate of drug-likeness (QED) is 0.221. The SMILES string of the molecule is COc1cc(C=C2SC(=O)NC2=NCCCn2ccnc2)ccc1OCc1ccc(C(F)(F)F)cc1C(F)(F)F. The molecule has 2 heterocycles. The van der Waals surface area contributed by atoms with Gasteiger partial charge in [-0.2, -0.15) is 26.3 Å². The van der Waals surface area contributed by atoms with Crippen LogP contribution >= 0.6 is 11.8 Å². The first-order valence-corrected chi connectivity index (χ1v) is 12.5. The molecular formula is C26H22F6N4O3S. The minimum atomic E-state index is -5.01. The standard InChI is InChI=1S/C26H22F6N4O3S/c1-38-21-11-16(12-22-23(35-24(37)40-22)34-7-2-9-36-10-8-33-15-36)3-6-20(21)39-14-17-4-5-18(25(27,28)29)13-19(17)26(30,31)32/h3-6,8,10-13,15H,2,7,9,14H2,1H3,(H,34,35,37). The van der Waals surface area contributed by atoms with Gasteiger partial charge in [0.15, 0.2) is 11.5 Å². The number of aliphatic imine (C=N–C) groups is 1. The average Bonchev–Trinajstić information content (AvgIpc) is 3.53. The summed E-state index contributed by atoms with van der Waals surface area (Å²) < 4.78 is 91.9. The molecule has 1 aliphatic heterocycles. The normalized spacial score (nSPS) is 16.0. The maximum absolute atomic E-state index is 13.5. The number of hydrogen-bond acceptors (Lipinski definition) is 6. The number of carbonyl (C=O) groups excluding carboxylic acids is 1. The molecule has 0 radical (unpaired) electrons. The van der Waals surface area contributed by atoms with Crippen LogP contribution in [0.15, 0.2) is 65.0 Å². The van der Waals surface area contributed by atoms with Crippen molar-refractivity contribution < 1.29 is 40.6 Å². The van der Waals surface area contributed by atoms with Gasteiger partial charge in [0.1, 0.15) is 12.4 Å². The Hall–Kier alpha value is -3.94. The Balaban J connectivity index is 1.48. The fourth-order valence-corrected chi connectivity index (χ4v) is 4.51. The monoisotopic (exact) mass is 584 g/mol. The van der Waals surface area contributed by atoms with Crippen molar-refractivity contribution in [2.24, 2.45) is 4.99 Å². The molecule has 7 nitrogen and oxygen atoms in total. The number of aryl methyl sites for hydroxylation is 1. The lowest BCUT2D eigenvalue weighted by atomic mass is 10.0. The molecule has 4 rings (SSSR count). The van der Waals surface area contributed by atoms with E-state index in [1.54, 1.807) is 30.7 Å². The fourth-order valence-electron chi connectivity index (χ4n) is 3.75. The largest absolute Gasteiger partial charge is 0.493 e. The van der Waals surface area contributed by atoms with Crippen LogP contribution in [-0.4, -0.2) is 34.3 Å². The summed E-state index contributed by atoms with van der Waals surface area (Å²) in [5, 5.41) is 2.41. The van der Waals surface area contributed by atoms with E-state index in [4.69, 9.17) is 9.47 Å². The predicted octanol–water partition coefficient (Wildman–Crippen LogP) is 6.79. The van der Waals surface area contributed by atoms with Crippen molar-refractivity contribution in [3.05, 3.63) is 82.3 Å². The van der Waals surface area contributed by atoms with Crippen LogP contribution in [-0.2, 0) is 25.5 Å². The van der Waals surface area contributed by atoms with Gasteiger partial charge in [-0.25, -0.2) is 4.98 Å². The maximum Gasteiger partial charge on any atom is 0.416 e. The van der Waals surface area contributed by atoms with E-state index < -0.39 is 35.6 Å². The molecule has 1 saturated heterocycles. The Kier molecular flexibility index (Phi) is 8.76. The number of hydrogen-bond donors (Lipinski definition) is 1. The maximum atomic E-state index is 13.5. The smallest absolute Gasteiger partial charge is 0.416 e. The second-order valence-corrected chi connectivity index (χ2v) is 9.49. The van der Waals surface area contributed by atoms with Crippen LogP contribution < -0.4 is 14.8 Å². The van der Waals surface area contributed by atoms with Crippen LogP contribution in [0.3, 0.4) is 0 Å². The Labute approximate surface area is 228 Å². The molecular weight excluding hydrogens is 562 g/mol. The Morgan fingerprint density at radius 3 is 2.55 bits per heavy atom. The molecule has 1 amide bonds. The van der Waals surface area contributed by atoms with E-state index in [1.807, 2.05) is 10.8 Å². The number of aromatic nitrogens is 2. The highest BCUT2D eigenvalue weighted by molar-refractivity contribution is 8.18. The molecule has 0 atom stereocenters. The van der Waals surface area contributed by atoms with E-state index in [9.17, 15) is 31.1 Å². The number of nitrogens with zero attached hydrogens (tertiary/aromatic N) is 3. The van der Waals surface area contributed by atoms with Crippen LogP contribution in [0, 0.1) is 0 Å². The highest BCUT2D eigenvalue weighted by Crippen LogP contribution is 2.38. The number of imidazole rings is 1. The lowest BCUT2D eigenvalue weighted by Crippen LogP contribution is -2.19. The number of methoxy groups -OCH3 is 1. The highest BCUT2D eigenvalue weighted by Gasteiger charge is 2.38. The number of benzene rings is 2. The number of thioether (sulfide) groups is 1. The Morgan fingerprint density at radius 2 is 1.88 bits per heavy atom. The van der Waals surface area contributed by atoms with Crippen molar-refractivity contribution in [1.82, 2.24) is 14.9 Å². The molecule has 0 unspecified atom stereocenters. The summed E-state index contributed by atoms with van der Waals surface area (Å²) in [6.45, 7) is 0.534. The molecule has 1 N–H and O–H groups in total. The molecule has 0 bridgehead atoms. The number of halogens is 6. The molecule has 40 heavy (non-hydrogen) atoms. The van der Waals surface area contributed by atoms with E-state index >= 15 is 0 Å². The summed E-state index contributed by atoms with van der Waals surface area (Å²) >= 11 is 0.963. The first-order valence-electron chi connectivity index (χ1n) is 11.7. The number of amidine groups is 1. The van der Waals surface area contributed by atoms with Crippen molar-refractivity contribution in [3.8, 4) is 11.5 Å². The van der Waals surface area contributed by atoms with Crippen LogP contribution in [0.5, 0.6) is 11.5 Å². The van der Waals surface area contributed by atoms with Gasteiger partial charge in [-0.1, -0.05) is 12.1 Å². The Bertz CT molecular complexity index is 1420. The summed E-state index contributed by atoms with van der Waals surface area (Å²) in [5.74, 6) is 0.678. The summed E-state index contributed by atoms with van der Waals surface area (Å²) in [5.41, 5.74) is -2.71. The van der Waals surface area contributed by atoms with Gasteiger partial charge in [0.05, 0.1) is 29.5 Å².